The van der Waals surface area contributed by atoms with E-state index in [0.29, 0.717) is 5.92 Å². The predicted octanol–water partition coefficient (Wildman–Crippen LogP) is 5.40. The molecule has 96 valence electrons. The van der Waals surface area contributed by atoms with Crippen molar-refractivity contribution in [1.29, 1.82) is 0 Å². The van der Waals surface area contributed by atoms with Gasteiger partial charge in [-0.25, -0.2) is 0 Å². The van der Waals surface area contributed by atoms with Crippen LogP contribution in [0.1, 0.15) is 30.9 Å². The van der Waals surface area contributed by atoms with E-state index in [4.69, 9.17) is 0 Å². The maximum Gasteiger partial charge on any atom is 0.0919 e. The van der Waals surface area contributed by atoms with Crippen molar-refractivity contribution in [2.45, 2.75) is 26.7 Å². The summed E-state index contributed by atoms with van der Waals surface area (Å²) >= 11 is 1.59. The maximum atomic E-state index is 4.65. The van der Waals surface area contributed by atoms with Gasteiger partial charge >= 0.3 is 0 Å². The zero-order valence-electron chi connectivity index (χ0n) is 11.5. The summed E-state index contributed by atoms with van der Waals surface area (Å²) in [5, 5.41) is 1.28. The molecule has 3 aromatic rings. The van der Waals surface area contributed by atoms with Crippen LogP contribution < -0.4 is 0 Å². The summed E-state index contributed by atoms with van der Waals surface area (Å²) in [7, 11) is 0. The highest BCUT2D eigenvalue weighted by atomic mass is 32.1. The SMILES string of the molecule is Cc1cc2snc(-c3ccccc3)c2cc1C(C)C. The quantitative estimate of drug-likeness (QED) is 0.606. The normalized spacial score (nSPS) is 11.4. The molecule has 0 aliphatic heterocycles. The smallest absolute Gasteiger partial charge is 0.0919 e. The summed E-state index contributed by atoms with van der Waals surface area (Å²) in [5.74, 6) is 0.549. The van der Waals surface area contributed by atoms with Crippen molar-refractivity contribution in [3.63, 3.8) is 0 Å². The van der Waals surface area contributed by atoms with Crippen LogP contribution in [0.3, 0.4) is 0 Å². The first kappa shape index (κ1) is 12.4. The number of rotatable bonds is 2. The van der Waals surface area contributed by atoms with Gasteiger partial charge in [0, 0.05) is 10.9 Å². The van der Waals surface area contributed by atoms with Gasteiger partial charge in [0.2, 0.25) is 0 Å². The van der Waals surface area contributed by atoms with Crippen molar-refractivity contribution in [1.82, 2.24) is 4.37 Å². The Balaban J connectivity index is 2.25. The van der Waals surface area contributed by atoms with Crippen molar-refractivity contribution < 1.29 is 0 Å². The fourth-order valence-electron chi connectivity index (χ4n) is 2.53. The Labute approximate surface area is 118 Å². The minimum Gasteiger partial charge on any atom is -0.191 e. The van der Waals surface area contributed by atoms with E-state index >= 15 is 0 Å². The van der Waals surface area contributed by atoms with Crippen LogP contribution >= 0.6 is 11.5 Å². The summed E-state index contributed by atoms with van der Waals surface area (Å²) < 4.78 is 5.93. The number of hydrogen-bond donors (Lipinski definition) is 0. The van der Waals surface area contributed by atoms with Gasteiger partial charge in [0.15, 0.2) is 0 Å². The van der Waals surface area contributed by atoms with E-state index in [1.807, 2.05) is 6.07 Å². The zero-order chi connectivity index (χ0) is 13.4. The van der Waals surface area contributed by atoms with Crippen LogP contribution in [0.2, 0.25) is 0 Å². The summed E-state index contributed by atoms with van der Waals surface area (Å²) in [4.78, 5) is 0. The number of nitrogens with zero attached hydrogens (tertiary/aromatic N) is 1. The van der Waals surface area contributed by atoms with Crippen molar-refractivity contribution in [2.24, 2.45) is 0 Å². The van der Waals surface area contributed by atoms with Gasteiger partial charge in [0.1, 0.15) is 0 Å². The van der Waals surface area contributed by atoms with Gasteiger partial charge in [0.05, 0.1) is 10.4 Å². The van der Waals surface area contributed by atoms with Gasteiger partial charge in [-0.15, -0.1) is 0 Å². The summed E-state index contributed by atoms with van der Waals surface area (Å²) in [6, 6.07) is 15.0. The average molecular weight is 267 g/mol. The lowest BCUT2D eigenvalue weighted by Gasteiger charge is -2.10. The molecular formula is C17H17NS. The lowest BCUT2D eigenvalue weighted by atomic mass is 9.95. The average Bonchev–Trinajstić information content (AvgIpc) is 2.81. The van der Waals surface area contributed by atoms with Gasteiger partial charge in [0.25, 0.3) is 0 Å². The fourth-order valence-corrected chi connectivity index (χ4v) is 3.41. The number of hydrogen-bond acceptors (Lipinski definition) is 2. The van der Waals surface area contributed by atoms with E-state index in [1.54, 1.807) is 11.5 Å². The summed E-state index contributed by atoms with van der Waals surface area (Å²) in [6.07, 6.45) is 0. The first-order valence-electron chi connectivity index (χ1n) is 6.62. The Hall–Kier alpha value is -1.67. The topological polar surface area (TPSA) is 12.9 Å². The molecule has 0 fully saturated rings. The Morgan fingerprint density at radius 3 is 2.47 bits per heavy atom. The van der Waals surface area contributed by atoms with Crippen LogP contribution in [0.25, 0.3) is 21.3 Å². The number of fused-ring (bicyclic) bond motifs is 1. The molecule has 0 unspecified atom stereocenters. The van der Waals surface area contributed by atoms with Gasteiger partial charge in [-0.1, -0.05) is 44.2 Å². The number of aromatic nitrogens is 1. The Morgan fingerprint density at radius 2 is 1.79 bits per heavy atom. The minimum atomic E-state index is 0.549. The predicted molar refractivity (Wildman–Crippen MR) is 83.9 cm³/mol. The highest BCUT2D eigenvalue weighted by molar-refractivity contribution is 7.13. The molecule has 0 atom stereocenters. The number of aryl methyl sites for hydroxylation is 1. The molecule has 0 saturated carbocycles. The van der Waals surface area contributed by atoms with Crippen molar-refractivity contribution in [3.8, 4) is 11.3 Å². The van der Waals surface area contributed by atoms with Crippen LogP contribution in [-0.4, -0.2) is 4.37 Å². The Bertz CT molecular complexity index is 711. The van der Waals surface area contributed by atoms with E-state index in [1.165, 1.54) is 26.8 Å². The summed E-state index contributed by atoms with van der Waals surface area (Å²) in [5.41, 5.74) is 5.10. The maximum absolute atomic E-state index is 4.65. The van der Waals surface area contributed by atoms with Gasteiger partial charge in [-0.2, -0.15) is 4.37 Å². The summed E-state index contributed by atoms with van der Waals surface area (Å²) in [6.45, 7) is 6.68. The van der Waals surface area contributed by atoms with Crippen LogP contribution in [0.4, 0.5) is 0 Å². The molecule has 0 amide bonds. The Kier molecular flexibility index (Phi) is 3.11. The largest absolute Gasteiger partial charge is 0.191 e. The molecule has 1 heterocycles. The van der Waals surface area contributed by atoms with Crippen molar-refractivity contribution in [2.75, 3.05) is 0 Å². The van der Waals surface area contributed by atoms with Crippen LogP contribution in [0.5, 0.6) is 0 Å². The van der Waals surface area contributed by atoms with E-state index in [9.17, 15) is 0 Å². The molecule has 0 aliphatic carbocycles. The third-order valence-electron chi connectivity index (χ3n) is 3.53. The van der Waals surface area contributed by atoms with Gasteiger partial charge in [-0.3, -0.25) is 0 Å². The first-order chi connectivity index (χ1) is 9.16. The number of benzene rings is 2. The van der Waals surface area contributed by atoms with E-state index in [-0.39, 0.29) is 0 Å². The standard InChI is InChI=1S/C17H17NS/c1-11(2)14-10-15-16(9-12(14)3)19-18-17(15)13-7-5-4-6-8-13/h4-11H,1-3H3. The molecule has 0 spiro atoms. The van der Waals surface area contributed by atoms with Gasteiger partial charge < -0.3 is 0 Å². The van der Waals surface area contributed by atoms with Crippen LogP contribution in [0, 0.1) is 6.92 Å². The lowest BCUT2D eigenvalue weighted by Crippen LogP contribution is -1.91. The second-order valence-electron chi connectivity index (χ2n) is 5.26. The molecular weight excluding hydrogens is 250 g/mol. The molecule has 19 heavy (non-hydrogen) atoms. The molecule has 1 nitrogen and oxygen atoms in total. The van der Waals surface area contributed by atoms with E-state index in [0.717, 1.165) is 5.69 Å². The molecule has 2 aromatic carbocycles. The van der Waals surface area contributed by atoms with Crippen LogP contribution in [0.15, 0.2) is 42.5 Å². The molecule has 1 aromatic heterocycles. The molecule has 0 radical (unpaired) electrons. The van der Waals surface area contributed by atoms with Crippen molar-refractivity contribution in [3.05, 3.63) is 53.6 Å². The second-order valence-corrected chi connectivity index (χ2v) is 6.06. The highest BCUT2D eigenvalue weighted by Gasteiger charge is 2.12. The minimum absolute atomic E-state index is 0.549. The third kappa shape index (κ3) is 2.17. The molecule has 3 rings (SSSR count). The van der Waals surface area contributed by atoms with E-state index < -0.39 is 0 Å². The molecule has 0 aliphatic rings. The molecule has 0 saturated heterocycles. The monoisotopic (exact) mass is 267 g/mol. The molecule has 0 N–H and O–H groups in total. The molecule has 2 heteroatoms. The van der Waals surface area contributed by atoms with E-state index in [2.05, 4.69) is 61.5 Å². The lowest BCUT2D eigenvalue weighted by molar-refractivity contribution is 0.859. The third-order valence-corrected chi connectivity index (χ3v) is 4.34. The zero-order valence-corrected chi connectivity index (χ0v) is 12.3. The van der Waals surface area contributed by atoms with Gasteiger partial charge in [-0.05, 0) is 47.6 Å². The Morgan fingerprint density at radius 1 is 1.05 bits per heavy atom. The first-order valence-corrected chi connectivity index (χ1v) is 7.39. The van der Waals surface area contributed by atoms with Crippen LogP contribution in [-0.2, 0) is 0 Å². The highest BCUT2D eigenvalue weighted by Crippen LogP contribution is 2.34. The molecule has 0 bridgehead atoms. The second kappa shape index (κ2) is 4.78. The van der Waals surface area contributed by atoms with Crippen molar-refractivity contribution >= 4 is 21.6 Å². The fraction of sp³-hybridized carbons (Fsp3) is 0.235.